The third-order valence-corrected chi connectivity index (χ3v) is 6.14. The van der Waals surface area contributed by atoms with Crippen molar-refractivity contribution in [2.75, 3.05) is 31.1 Å². The van der Waals surface area contributed by atoms with Crippen LogP contribution in [-0.2, 0) is 6.42 Å². The molecule has 0 aromatic carbocycles. The van der Waals surface area contributed by atoms with Crippen LogP contribution in [0.1, 0.15) is 40.9 Å². The van der Waals surface area contributed by atoms with Gasteiger partial charge < -0.3 is 15.5 Å². The summed E-state index contributed by atoms with van der Waals surface area (Å²) in [7, 11) is 0. The van der Waals surface area contributed by atoms with E-state index in [-0.39, 0.29) is 24.0 Å². The van der Waals surface area contributed by atoms with E-state index in [4.69, 9.17) is 4.99 Å². The molecule has 1 saturated heterocycles. The molecule has 0 amide bonds. The molecule has 8 heteroatoms. The van der Waals surface area contributed by atoms with E-state index in [9.17, 15) is 0 Å². The summed E-state index contributed by atoms with van der Waals surface area (Å²) in [6, 6.07) is 4.71. The van der Waals surface area contributed by atoms with Gasteiger partial charge in [-0.25, -0.2) is 9.97 Å². The first-order valence-corrected chi connectivity index (χ1v) is 11.0. The molecule has 2 aromatic heterocycles. The molecular weight excluding hydrogens is 495 g/mol. The number of aliphatic imine (C=N–C) groups is 1. The Balaban J connectivity index is 0.00000300. The molecule has 29 heavy (non-hydrogen) atoms. The average Bonchev–Trinajstić information content (AvgIpc) is 3.00. The summed E-state index contributed by atoms with van der Waals surface area (Å²) in [5.74, 6) is 2.01. The molecule has 2 N–H and O–H groups in total. The summed E-state index contributed by atoms with van der Waals surface area (Å²) < 4.78 is 0. The fourth-order valence-corrected chi connectivity index (χ4v) is 4.41. The normalized spacial score (nSPS) is 15.2. The van der Waals surface area contributed by atoms with Crippen molar-refractivity contribution in [2.24, 2.45) is 4.99 Å². The lowest BCUT2D eigenvalue weighted by molar-refractivity contribution is 0.459. The first-order chi connectivity index (χ1) is 13.5. The molecule has 2 aromatic rings. The van der Waals surface area contributed by atoms with Gasteiger partial charge in [0.25, 0.3) is 0 Å². The maximum absolute atomic E-state index is 4.79. The van der Waals surface area contributed by atoms with E-state index in [0.717, 1.165) is 67.9 Å². The predicted octanol–water partition coefficient (Wildman–Crippen LogP) is 3.85. The number of nitrogens with zero attached hydrogens (tertiary/aromatic N) is 4. The minimum absolute atomic E-state index is 0. The first kappa shape index (κ1) is 23.9. The molecule has 0 bridgehead atoms. The zero-order chi connectivity index (χ0) is 19.9. The van der Waals surface area contributed by atoms with Crippen molar-refractivity contribution in [3.05, 3.63) is 39.5 Å². The number of thiazole rings is 1. The van der Waals surface area contributed by atoms with Crippen molar-refractivity contribution < 1.29 is 0 Å². The minimum atomic E-state index is 0. The lowest BCUT2D eigenvalue weighted by Gasteiger charge is -2.33. The van der Waals surface area contributed by atoms with E-state index in [2.05, 4.69) is 65.3 Å². The second-order valence-corrected chi connectivity index (χ2v) is 8.64. The van der Waals surface area contributed by atoms with E-state index >= 15 is 0 Å². The summed E-state index contributed by atoms with van der Waals surface area (Å²) in [4.78, 5) is 17.6. The van der Waals surface area contributed by atoms with Gasteiger partial charge in [-0.3, -0.25) is 4.99 Å². The lowest BCUT2D eigenvalue weighted by Crippen LogP contribution is -2.49. The fraction of sp³-hybridized carbons (Fsp3) is 0.571. The molecule has 3 heterocycles. The molecule has 160 valence electrons. The van der Waals surface area contributed by atoms with Crippen LogP contribution < -0.4 is 15.5 Å². The molecule has 1 aliphatic heterocycles. The maximum Gasteiger partial charge on any atom is 0.191 e. The molecular formula is C21H33IN6S. The number of rotatable bonds is 6. The van der Waals surface area contributed by atoms with E-state index < -0.39 is 0 Å². The molecule has 0 radical (unpaired) electrons. The lowest BCUT2D eigenvalue weighted by atomic mass is 10.1. The maximum atomic E-state index is 4.79. The van der Waals surface area contributed by atoms with Gasteiger partial charge in [-0.1, -0.05) is 6.07 Å². The highest BCUT2D eigenvalue weighted by atomic mass is 127. The first-order valence-electron chi connectivity index (χ1n) is 10.2. The minimum Gasteiger partial charge on any atom is -0.357 e. The molecule has 3 rings (SSSR count). The molecule has 0 aliphatic carbocycles. The standard InChI is InChI=1S/C21H32N6S.HI/c1-5-22-21(23-11-8-19-16(3)25-17(4)28-19)26-18-9-12-27(13-10-18)20-7-6-15(2)14-24-20;/h6-7,14,18H,5,8-13H2,1-4H3,(H2,22,23,26);1H. The number of hydrogen-bond acceptors (Lipinski definition) is 5. The summed E-state index contributed by atoms with van der Waals surface area (Å²) in [6.07, 6.45) is 5.08. The van der Waals surface area contributed by atoms with Gasteiger partial charge in [-0.05, 0) is 52.2 Å². The zero-order valence-corrected chi connectivity index (χ0v) is 21.0. The van der Waals surface area contributed by atoms with Crippen molar-refractivity contribution >= 4 is 47.1 Å². The molecule has 1 fully saturated rings. The van der Waals surface area contributed by atoms with Gasteiger partial charge in [0, 0.05) is 49.7 Å². The van der Waals surface area contributed by atoms with Crippen LogP contribution in [0.2, 0.25) is 0 Å². The van der Waals surface area contributed by atoms with Gasteiger partial charge in [0.15, 0.2) is 5.96 Å². The van der Waals surface area contributed by atoms with Gasteiger partial charge in [-0.2, -0.15) is 0 Å². The second kappa shape index (κ2) is 11.7. The third kappa shape index (κ3) is 7.09. The molecule has 6 nitrogen and oxygen atoms in total. The number of halogens is 1. The van der Waals surface area contributed by atoms with E-state index in [1.807, 2.05) is 6.20 Å². The van der Waals surface area contributed by atoms with Crippen molar-refractivity contribution in [3.63, 3.8) is 0 Å². The zero-order valence-electron chi connectivity index (χ0n) is 17.9. The Bertz CT molecular complexity index is 781. The summed E-state index contributed by atoms with van der Waals surface area (Å²) in [6.45, 7) is 12.0. The number of pyridine rings is 1. The Morgan fingerprint density at radius 2 is 2.00 bits per heavy atom. The SMILES string of the molecule is CCNC(=NCCc1sc(C)nc1C)NC1CCN(c2ccc(C)cn2)CC1.I. The number of hydrogen-bond donors (Lipinski definition) is 2. The second-order valence-electron chi connectivity index (χ2n) is 7.35. The van der Waals surface area contributed by atoms with Gasteiger partial charge in [0.2, 0.25) is 0 Å². The van der Waals surface area contributed by atoms with Crippen LogP contribution in [0, 0.1) is 20.8 Å². The van der Waals surface area contributed by atoms with Crippen LogP contribution in [0.4, 0.5) is 5.82 Å². The van der Waals surface area contributed by atoms with E-state index in [1.165, 1.54) is 10.4 Å². The predicted molar refractivity (Wildman–Crippen MR) is 134 cm³/mol. The molecule has 0 atom stereocenters. The quantitative estimate of drug-likeness (QED) is 0.339. The number of aryl methyl sites for hydroxylation is 3. The van der Waals surface area contributed by atoms with Gasteiger partial charge in [-0.15, -0.1) is 35.3 Å². The number of guanidine groups is 1. The summed E-state index contributed by atoms with van der Waals surface area (Å²) in [5, 5.41) is 8.15. The number of aromatic nitrogens is 2. The fourth-order valence-electron chi connectivity index (χ4n) is 3.49. The molecule has 0 saturated carbocycles. The Kier molecular flexibility index (Phi) is 9.61. The Morgan fingerprint density at radius 3 is 2.59 bits per heavy atom. The van der Waals surface area contributed by atoms with E-state index in [0.29, 0.717) is 6.04 Å². The highest BCUT2D eigenvalue weighted by Crippen LogP contribution is 2.19. The van der Waals surface area contributed by atoms with Crippen LogP contribution in [0.3, 0.4) is 0 Å². The van der Waals surface area contributed by atoms with Crippen molar-refractivity contribution in [2.45, 2.75) is 53.0 Å². The topological polar surface area (TPSA) is 65.4 Å². The van der Waals surface area contributed by atoms with Crippen molar-refractivity contribution in [1.82, 2.24) is 20.6 Å². The van der Waals surface area contributed by atoms with Gasteiger partial charge in [0.1, 0.15) is 5.82 Å². The third-order valence-electron chi connectivity index (χ3n) is 5.01. The van der Waals surface area contributed by atoms with Crippen LogP contribution >= 0.6 is 35.3 Å². The van der Waals surface area contributed by atoms with Crippen LogP contribution in [0.5, 0.6) is 0 Å². The molecule has 0 spiro atoms. The number of anilines is 1. The largest absolute Gasteiger partial charge is 0.357 e. The monoisotopic (exact) mass is 528 g/mol. The van der Waals surface area contributed by atoms with E-state index in [1.54, 1.807) is 11.3 Å². The molecule has 1 aliphatic rings. The highest BCUT2D eigenvalue weighted by molar-refractivity contribution is 14.0. The van der Waals surface area contributed by atoms with Crippen molar-refractivity contribution in [3.8, 4) is 0 Å². The highest BCUT2D eigenvalue weighted by Gasteiger charge is 2.20. The Hall–Kier alpha value is -1.42. The van der Waals surface area contributed by atoms with Crippen molar-refractivity contribution in [1.29, 1.82) is 0 Å². The Morgan fingerprint density at radius 1 is 1.24 bits per heavy atom. The number of piperidine rings is 1. The van der Waals surface area contributed by atoms with Crippen LogP contribution in [-0.4, -0.2) is 48.1 Å². The van der Waals surface area contributed by atoms with Gasteiger partial charge >= 0.3 is 0 Å². The summed E-state index contributed by atoms with van der Waals surface area (Å²) >= 11 is 1.78. The summed E-state index contributed by atoms with van der Waals surface area (Å²) in [5.41, 5.74) is 2.35. The Labute approximate surface area is 195 Å². The van der Waals surface area contributed by atoms with Crippen LogP contribution in [0.25, 0.3) is 0 Å². The average molecular weight is 529 g/mol. The molecule has 0 unspecified atom stereocenters. The smallest absolute Gasteiger partial charge is 0.191 e. The van der Waals surface area contributed by atoms with Gasteiger partial charge in [0.05, 0.1) is 10.7 Å². The number of nitrogens with one attached hydrogen (secondary N) is 2. The van der Waals surface area contributed by atoms with Crippen LogP contribution in [0.15, 0.2) is 23.3 Å².